The molecule has 3 heteroatoms. The maximum Gasteiger partial charge on any atom is 0.124 e. The van der Waals surface area contributed by atoms with Crippen LogP contribution >= 0.6 is 0 Å². The van der Waals surface area contributed by atoms with Gasteiger partial charge in [0.25, 0.3) is 0 Å². The first-order valence-electron chi connectivity index (χ1n) is 5.39. The van der Waals surface area contributed by atoms with E-state index in [0.717, 1.165) is 0 Å². The number of ether oxygens (including phenoxy) is 1. The van der Waals surface area contributed by atoms with Gasteiger partial charge in [0.1, 0.15) is 24.9 Å². The molecule has 0 bridgehead atoms. The molecule has 1 saturated carbocycles. The lowest BCUT2D eigenvalue weighted by Crippen LogP contribution is -2.36. The van der Waals surface area contributed by atoms with Crippen molar-refractivity contribution in [1.82, 2.24) is 0 Å². The maximum absolute atomic E-state index is 5.49. The van der Waals surface area contributed by atoms with Crippen LogP contribution in [0.2, 0.25) is 0 Å². The summed E-state index contributed by atoms with van der Waals surface area (Å²) >= 11 is 0. The summed E-state index contributed by atoms with van der Waals surface area (Å²) in [7, 11) is 0. The van der Waals surface area contributed by atoms with E-state index in [2.05, 4.69) is 0 Å². The number of hydrogen-bond acceptors (Lipinski definition) is 3. The van der Waals surface area contributed by atoms with Gasteiger partial charge in [-0.3, -0.25) is 0 Å². The molecule has 0 unspecified atom stereocenters. The van der Waals surface area contributed by atoms with Gasteiger partial charge in [-0.2, -0.15) is 0 Å². The Morgan fingerprint density at radius 1 is 0.923 bits per heavy atom. The zero-order valence-electron chi connectivity index (χ0n) is 7.78. The zero-order chi connectivity index (χ0) is 8.67. The summed E-state index contributed by atoms with van der Waals surface area (Å²) in [6, 6.07) is 0. The summed E-state index contributed by atoms with van der Waals surface area (Å²) in [5.74, 6) is 0.684. The summed E-state index contributed by atoms with van der Waals surface area (Å²) in [6.45, 7) is 0.633. The molecule has 3 fully saturated rings. The second kappa shape index (κ2) is 3.23. The van der Waals surface area contributed by atoms with Gasteiger partial charge in [-0.05, 0) is 18.8 Å². The molecule has 0 spiro atoms. The molecular formula is C10H16O3. The second-order valence-corrected chi connectivity index (χ2v) is 4.38. The first-order valence-corrected chi connectivity index (χ1v) is 5.39. The third-order valence-electron chi connectivity index (χ3n) is 3.47. The lowest BCUT2D eigenvalue weighted by Gasteiger charge is -2.29. The topological polar surface area (TPSA) is 31.0 Å². The van der Waals surface area contributed by atoms with Crippen molar-refractivity contribution in [3.8, 4) is 0 Å². The Balaban J connectivity index is 1.62. The van der Waals surface area contributed by atoms with Gasteiger partial charge in [0.2, 0.25) is 0 Å². The third-order valence-corrected chi connectivity index (χ3v) is 3.47. The van der Waals surface area contributed by atoms with E-state index in [1.54, 1.807) is 0 Å². The molecule has 1 aliphatic carbocycles. The molecule has 0 aromatic rings. The molecule has 0 N–H and O–H groups in total. The van der Waals surface area contributed by atoms with Crippen LogP contribution in [0.4, 0.5) is 0 Å². The van der Waals surface area contributed by atoms with E-state index in [-0.39, 0.29) is 6.10 Å². The molecule has 2 heterocycles. The van der Waals surface area contributed by atoms with Crippen LogP contribution in [0.1, 0.15) is 32.1 Å². The minimum Gasteiger partial charge on any atom is -0.364 e. The Hall–Kier alpha value is -0.120. The minimum atomic E-state index is 0.235. The monoisotopic (exact) mass is 184 g/mol. The average Bonchev–Trinajstić information content (AvgIpc) is 2.97. The highest BCUT2D eigenvalue weighted by molar-refractivity contribution is 4.96. The van der Waals surface area contributed by atoms with Gasteiger partial charge < -0.3 is 4.74 Å². The van der Waals surface area contributed by atoms with Crippen molar-refractivity contribution < 1.29 is 14.5 Å². The second-order valence-electron chi connectivity index (χ2n) is 4.38. The van der Waals surface area contributed by atoms with Crippen LogP contribution in [0.25, 0.3) is 0 Å². The van der Waals surface area contributed by atoms with Crippen molar-refractivity contribution in [1.29, 1.82) is 0 Å². The lowest BCUT2D eigenvalue weighted by molar-refractivity contribution is -0.346. The van der Waals surface area contributed by atoms with Crippen LogP contribution in [0.3, 0.4) is 0 Å². The van der Waals surface area contributed by atoms with Gasteiger partial charge >= 0.3 is 0 Å². The Kier molecular flexibility index (Phi) is 2.04. The molecule has 3 atom stereocenters. The molecule has 13 heavy (non-hydrogen) atoms. The molecule has 3 rings (SSSR count). The molecular weight excluding hydrogens is 168 g/mol. The molecule has 74 valence electrons. The van der Waals surface area contributed by atoms with E-state index in [1.807, 2.05) is 0 Å². The van der Waals surface area contributed by atoms with Crippen LogP contribution in [0, 0.1) is 5.92 Å². The SMILES string of the molecule is C1CCC([C@H]2OOC[C@@H]3O[C@@H]32)CC1. The Labute approximate surface area is 78.3 Å². The predicted molar refractivity (Wildman–Crippen MR) is 46.1 cm³/mol. The average molecular weight is 184 g/mol. The van der Waals surface area contributed by atoms with Crippen LogP contribution in [-0.4, -0.2) is 24.9 Å². The van der Waals surface area contributed by atoms with E-state index in [4.69, 9.17) is 14.5 Å². The highest BCUT2D eigenvalue weighted by Crippen LogP contribution is 2.40. The summed E-state index contributed by atoms with van der Waals surface area (Å²) < 4.78 is 5.49. The van der Waals surface area contributed by atoms with Crippen LogP contribution < -0.4 is 0 Å². The van der Waals surface area contributed by atoms with Crippen LogP contribution in [-0.2, 0) is 14.5 Å². The van der Waals surface area contributed by atoms with Crippen molar-refractivity contribution in [3.05, 3.63) is 0 Å². The number of hydrogen-bond donors (Lipinski definition) is 0. The van der Waals surface area contributed by atoms with E-state index < -0.39 is 0 Å². The van der Waals surface area contributed by atoms with Gasteiger partial charge in [0.05, 0.1) is 0 Å². The fourth-order valence-electron chi connectivity index (χ4n) is 2.63. The highest BCUT2D eigenvalue weighted by Gasteiger charge is 2.52. The first kappa shape index (κ1) is 8.21. The summed E-state index contributed by atoms with van der Waals surface area (Å²) in [5, 5.41) is 0. The molecule has 0 radical (unpaired) electrons. The van der Waals surface area contributed by atoms with E-state index in [1.165, 1.54) is 32.1 Å². The van der Waals surface area contributed by atoms with E-state index in [9.17, 15) is 0 Å². The number of rotatable bonds is 1. The highest BCUT2D eigenvalue weighted by atomic mass is 17.2. The third kappa shape index (κ3) is 1.49. The van der Waals surface area contributed by atoms with Crippen LogP contribution in [0.15, 0.2) is 0 Å². The van der Waals surface area contributed by atoms with E-state index >= 15 is 0 Å². The first-order chi connectivity index (χ1) is 6.45. The van der Waals surface area contributed by atoms with Crippen molar-refractivity contribution >= 4 is 0 Å². The van der Waals surface area contributed by atoms with Crippen LogP contribution in [0.5, 0.6) is 0 Å². The lowest BCUT2D eigenvalue weighted by atomic mass is 9.83. The minimum absolute atomic E-state index is 0.235. The standard InChI is InChI=1S/C10H16O3/c1-2-4-7(5-3-1)9-10-8(12-10)6-11-13-9/h7-10H,1-6H2/t8-,9+,10-/m0/s1. The molecule has 3 aliphatic rings. The van der Waals surface area contributed by atoms with Crippen molar-refractivity contribution in [2.24, 2.45) is 5.92 Å². The molecule has 0 aromatic heterocycles. The quantitative estimate of drug-likeness (QED) is 0.459. The molecule has 2 aliphatic heterocycles. The Bertz CT molecular complexity index is 189. The van der Waals surface area contributed by atoms with Crippen molar-refractivity contribution in [2.45, 2.75) is 50.4 Å². The predicted octanol–water partition coefficient (Wildman–Crippen LogP) is 1.66. The van der Waals surface area contributed by atoms with E-state index in [0.29, 0.717) is 24.7 Å². The van der Waals surface area contributed by atoms with Gasteiger partial charge in [0, 0.05) is 0 Å². The van der Waals surface area contributed by atoms with Gasteiger partial charge in [-0.1, -0.05) is 19.3 Å². The van der Waals surface area contributed by atoms with Gasteiger partial charge in [0.15, 0.2) is 0 Å². The summed E-state index contributed by atoms with van der Waals surface area (Å²) in [5.41, 5.74) is 0. The fourth-order valence-corrected chi connectivity index (χ4v) is 2.63. The van der Waals surface area contributed by atoms with Crippen molar-refractivity contribution in [2.75, 3.05) is 6.61 Å². The maximum atomic E-state index is 5.49. The molecule has 3 nitrogen and oxygen atoms in total. The number of fused-ring (bicyclic) bond motifs is 1. The molecule has 0 amide bonds. The smallest absolute Gasteiger partial charge is 0.124 e. The fraction of sp³-hybridized carbons (Fsp3) is 1.00. The number of epoxide rings is 1. The molecule has 0 aromatic carbocycles. The Morgan fingerprint density at radius 3 is 2.62 bits per heavy atom. The normalized spacial score (nSPS) is 45.7. The summed E-state index contributed by atoms with van der Waals surface area (Å²) in [4.78, 5) is 10.4. The largest absolute Gasteiger partial charge is 0.364 e. The van der Waals surface area contributed by atoms with Crippen molar-refractivity contribution in [3.63, 3.8) is 0 Å². The van der Waals surface area contributed by atoms with Gasteiger partial charge in [-0.25, -0.2) is 9.78 Å². The molecule has 2 saturated heterocycles. The summed E-state index contributed by atoms with van der Waals surface area (Å²) in [6.07, 6.45) is 7.61. The zero-order valence-corrected chi connectivity index (χ0v) is 7.78. The van der Waals surface area contributed by atoms with Gasteiger partial charge in [-0.15, -0.1) is 0 Å². The Morgan fingerprint density at radius 2 is 1.77 bits per heavy atom.